The summed E-state index contributed by atoms with van der Waals surface area (Å²) in [5, 5.41) is 7.48. The summed E-state index contributed by atoms with van der Waals surface area (Å²) < 4.78 is 12.1. The summed E-state index contributed by atoms with van der Waals surface area (Å²) in [7, 11) is 1.52. The Labute approximate surface area is 201 Å². The Bertz CT molecular complexity index is 1380. The quantitative estimate of drug-likeness (QED) is 0.405. The van der Waals surface area contributed by atoms with E-state index in [-0.39, 0.29) is 11.5 Å². The van der Waals surface area contributed by atoms with E-state index in [9.17, 15) is 9.59 Å². The standard InChI is InChI=1S/C26H22ClN3O4/c1-17-4-3-5-18(14-17)16-34-24-12-13-25(31)30(29-24)21-9-6-19(7-10-21)26(32)28-20-8-11-23(33-2)22(27)15-20/h3-15H,16H2,1-2H3,(H,28,32). The molecular formula is C26H22ClN3O4. The van der Waals surface area contributed by atoms with Crippen molar-refractivity contribution in [2.45, 2.75) is 13.5 Å². The molecule has 0 saturated carbocycles. The summed E-state index contributed by atoms with van der Waals surface area (Å²) in [6.07, 6.45) is 0. The molecule has 0 spiro atoms. The zero-order valence-corrected chi connectivity index (χ0v) is 19.4. The van der Waals surface area contributed by atoms with Gasteiger partial charge in [0.25, 0.3) is 11.5 Å². The van der Waals surface area contributed by atoms with E-state index in [1.165, 1.54) is 23.9 Å². The van der Waals surface area contributed by atoms with Crippen LogP contribution in [0.3, 0.4) is 0 Å². The van der Waals surface area contributed by atoms with Gasteiger partial charge in [0, 0.05) is 23.4 Å². The van der Waals surface area contributed by atoms with E-state index < -0.39 is 0 Å². The summed E-state index contributed by atoms with van der Waals surface area (Å²) in [6, 6.07) is 22.4. The Kier molecular flexibility index (Phi) is 6.94. The predicted molar refractivity (Wildman–Crippen MR) is 131 cm³/mol. The van der Waals surface area contributed by atoms with Crippen molar-refractivity contribution in [1.82, 2.24) is 9.78 Å². The largest absolute Gasteiger partial charge is 0.495 e. The van der Waals surface area contributed by atoms with Gasteiger partial charge in [-0.05, 0) is 55.0 Å². The zero-order valence-electron chi connectivity index (χ0n) is 18.6. The number of halogens is 1. The summed E-state index contributed by atoms with van der Waals surface area (Å²) in [5.74, 6) is 0.523. The number of aryl methyl sites for hydroxylation is 1. The Morgan fingerprint density at radius 3 is 2.53 bits per heavy atom. The highest BCUT2D eigenvalue weighted by atomic mass is 35.5. The molecule has 0 bridgehead atoms. The Morgan fingerprint density at radius 1 is 1.03 bits per heavy atom. The Hall–Kier alpha value is -4.10. The number of nitrogens with zero attached hydrogens (tertiary/aromatic N) is 2. The van der Waals surface area contributed by atoms with Crippen molar-refractivity contribution in [3.63, 3.8) is 0 Å². The normalized spacial score (nSPS) is 10.6. The van der Waals surface area contributed by atoms with E-state index in [2.05, 4.69) is 10.4 Å². The topological polar surface area (TPSA) is 82.4 Å². The van der Waals surface area contributed by atoms with Gasteiger partial charge in [-0.15, -0.1) is 5.10 Å². The van der Waals surface area contributed by atoms with E-state index in [4.69, 9.17) is 21.1 Å². The minimum atomic E-state index is -0.316. The van der Waals surface area contributed by atoms with Crippen molar-refractivity contribution < 1.29 is 14.3 Å². The molecule has 0 unspecified atom stereocenters. The lowest BCUT2D eigenvalue weighted by Crippen LogP contribution is -2.20. The van der Waals surface area contributed by atoms with Gasteiger partial charge in [0.1, 0.15) is 12.4 Å². The molecule has 0 radical (unpaired) electrons. The SMILES string of the molecule is COc1ccc(NC(=O)c2ccc(-n3nc(OCc4cccc(C)c4)ccc3=O)cc2)cc1Cl. The molecule has 4 rings (SSSR count). The van der Waals surface area contributed by atoms with Crippen LogP contribution in [0.1, 0.15) is 21.5 Å². The first-order valence-corrected chi connectivity index (χ1v) is 10.8. The molecule has 172 valence electrons. The van der Waals surface area contributed by atoms with Gasteiger partial charge >= 0.3 is 0 Å². The van der Waals surface area contributed by atoms with Crippen molar-refractivity contribution in [3.8, 4) is 17.3 Å². The van der Waals surface area contributed by atoms with Gasteiger partial charge in [-0.3, -0.25) is 9.59 Å². The van der Waals surface area contributed by atoms with Crippen molar-refractivity contribution in [2.24, 2.45) is 0 Å². The number of benzene rings is 3. The fourth-order valence-corrected chi connectivity index (χ4v) is 3.57. The van der Waals surface area contributed by atoms with Crippen molar-refractivity contribution >= 4 is 23.2 Å². The van der Waals surface area contributed by atoms with Crippen LogP contribution in [0.4, 0.5) is 5.69 Å². The van der Waals surface area contributed by atoms with Crippen molar-refractivity contribution in [3.05, 3.63) is 111 Å². The molecule has 3 aromatic carbocycles. The van der Waals surface area contributed by atoms with Gasteiger partial charge in [0.15, 0.2) is 0 Å². The summed E-state index contributed by atoms with van der Waals surface area (Å²) in [4.78, 5) is 25.0. The number of anilines is 1. The maximum absolute atomic E-state index is 12.6. The number of carbonyl (C=O) groups is 1. The lowest BCUT2D eigenvalue weighted by molar-refractivity contribution is 0.102. The van der Waals surface area contributed by atoms with Crippen LogP contribution in [0.25, 0.3) is 5.69 Å². The average Bonchev–Trinajstić information content (AvgIpc) is 2.84. The third-order valence-electron chi connectivity index (χ3n) is 5.03. The lowest BCUT2D eigenvalue weighted by atomic mass is 10.1. The van der Waals surface area contributed by atoms with Gasteiger partial charge in [0.2, 0.25) is 5.88 Å². The van der Waals surface area contributed by atoms with Crippen LogP contribution in [0.2, 0.25) is 5.02 Å². The molecule has 8 heteroatoms. The van der Waals surface area contributed by atoms with E-state index in [1.54, 1.807) is 42.5 Å². The van der Waals surface area contributed by atoms with Crippen LogP contribution in [-0.2, 0) is 6.61 Å². The summed E-state index contributed by atoms with van der Waals surface area (Å²) >= 11 is 6.11. The second-order valence-corrected chi connectivity index (χ2v) is 7.96. The number of hydrogen-bond acceptors (Lipinski definition) is 5. The lowest BCUT2D eigenvalue weighted by Gasteiger charge is -2.10. The third-order valence-corrected chi connectivity index (χ3v) is 5.32. The molecule has 1 amide bonds. The fourth-order valence-electron chi connectivity index (χ4n) is 3.32. The number of carbonyl (C=O) groups excluding carboxylic acids is 1. The highest BCUT2D eigenvalue weighted by molar-refractivity contribution is 6.32. The number of rotatable bonds is 7. The van der Waals surface area contributed by atoms with E-state index in [0.29, 0.717) is 40.2 Å². The number of ether oxygens (including phenoxy) is 2. The number of methoxy groups -OCH3 is 1. The van der Waals surface area contributed by atoms with Crippen LogP contribution < -0.4 is 20.3 Å². The van der Waals surface area contributed by atoms with Crippen LogP contribution >= 0.6 is 11.6 Å². The highest BCUT2D eigenvalue weighted by Crippen LogP contribution is 2.27. The Balaban J connectivity index is 1.47. The molecule has 0 atom stereocenters. The molecule has 1 heterocycles. The monoisotopic (exact) mass is 475 g/mol. The fraction of sp³-hybridized carbons (Fsp3) is 0.115. The summed E-state index contributed by atoms with van der Waals surface area (Å²) in [5.41, 5.74) is 3.29. The maximum atomic E-state index is 12.6. The maximum Gasteiger partial charge on any atom is 0.271 e. The van der Waals surface area contributed by atoms with Crippen molar-refractivity contribution in [1.29, 1.82) is 0 Å². The third kappa shape index (κ3) is 5.44. The molecule has 0 saturated heterocycles. The molecule has 1 aromatic heterocycles. The van der Waals surface area contributed by atoms with Crippen LogP contribution in [0.15, 0.2) is 83.7 Å². The second-order valence-electron chi connectivity index (χ2n) is 7.55. The van der Waals surface area contributed by atoms with Gasteiger partial charge in [-0.1, -0.05) is 41.4 Å². The molecular weight excluding hydrogens is 454 g/mol. The molecule has 34 heavy (non-hydrogen) atoms. The number of aromatic nitrogens is 2. The minimum Gasteiger partial charge on any atom is -0.495 e. The van der Waals surface area contributed by atoms with Gasteiger partial charge in [-0.25, -0.2) is 0 Å². The average molecular weight is 476 g/mol. The van der Waals surface area contributed by atoms with Gasteiger partial charge < -0.3 is 14.8 Å². The molecule has 0 fully saturated rings. The summed E-state index contributed by atoms with van der Waals surface area (Å²) in [6.45, 7) is 2.35. The van der Waals surface area contributed by atoms with Crippen molar-refractivity contribution in [2.75, 3.05) is 12.4 Å². The second kappa shape index (κ2) is 10.2. The number of amides is 1. The van der Waals surface area contributed by atoms with Gasteiger partial charge in [0.05, 0.1) is 17.8 Å². The molecule has 4 aromatic rings. The Morgan fingerprint density at radius 2 is 1.82 bits per heavy atom. The molecule has 1 N–H and O–H groups in total. The first-order chi connectivity index (χ1) is 16.4. The molecule has 0 aliphatic heterocycles. The van der Waals surface area contributed by atoms with E-state index in [1.807, 2.05) is 31.2 Å². The van der Waals surface area contributed by atoms with Crippen LogP contribution in [-0.4, -0.2) is 22.8 Å². The minimum absolute atomic E-state index is 0.312. The zero-order chi connectivity index (χ0) is 24.1. The number of nitrogens with one attached hydrogen (secondary N) is 1. The van der Waals surface area contributed by atoms with Crippen LogP contribution in [0, 0.1) is 6.92 Å². The first-order valence-electron chi connectivity index (χ1n) is 10.5. The predicted octanol–water partition coefficient (Wildman–Crippen LogP) is 5.03. The smallest absolute Gasteiger partial charge is 0.271 e. The van der Waals surface area contributed by atoms with Gasteiger partial charge in [-0.2, -0.15) is 4.68 Å². The number of hydrogen-bond donors (Lipinski definition) is 1. The van der Waals surface area contributed by atoms with E-state index >= 15 is 0 Å². The van der Waals surface area contributed by atoms with Crippen LogP contribution in [0.5, 0.6) is 11.6 Å². The van der Waals surface area contributed by atoms with E-state index in [0.717, 1.165) is 11.1 Å². The first kappa shape index (κ1) is 23.1. The molecule has 0 aliphatic rings. The molecule has 7 nitrogen and oxygen atoms in total. The molecule has 0 aliphatic carbocycles. The highest BCUT2D eigenvalue weighted by Gasteiger charge is 2.10.